The molecule has 290 valence electrons. The average molecular weight is 793 g/mol. The quantitative estimate of drug-likeness (QED) is 0.177. The zero-order valence-corrected chi connectivity index (χ0v) is 33.5. The number of hydrogen-bond donors (Lipinski definition) is 1. The molecule has 0 saturated heterocycles. The molecule has 2 aromatic heterocycles. The number of amidine groups is 2. The maximum Gasteiger partial charge on any atom is 0.159 e. The third-order valence-corrected chi connectivity index (χ3v) is 12.6. The highest BCUT2D eigenvalue weighted by atomic mass is 16.3. The Labute approximate surface area is 356 Å². The topological polar surface area (TPSA) is 54.8 Å². The fourth-order valence-corrected chi connectivity index (χ4v) is 9.56. The monoisotopic (exact) mass is 792 g/mol. The minimum absolute atomic E-state index is 0.394. The van der Waals surface area contributed by atoms with E-state index in [1.165, 1.54) is 43.3 Å². The van der Waals surface area contributed by atoms with E-state index in [0.29, 0.717) is 5.84 Å². The molecule has 1 aliphatic rings. The fourth-order valence-electron chi connectivity index (χ4n) is 9.56. The lowest BCUT2D eigenvalue weighted by Crippen LogP contribution is -2.33. The van der Waals surface area contributed by atoms with Crippen LogP contribution in [0, 0.1) is 0 Å². The molecule has 3 heterocycles. The van der Waals surface area contributed by atoms with Crippen LogP contribution in [0.25, 0.3) is 92.9 Å². The summed E-state index contributed by atoms with van der Waals surface area (Å²) < 4.78 is 9.19. The number of fused-ring (bicyclic) bond motifs is 10. The second-order valence-corrected chi connectivity index (χ2v) is 16.2. The first-order chi connectivity index (χ1) is 30.7. The Morgan fingerprint density at radius 2 is 1.08 bits per heavy atom. The second-order valence-electron chi connectivity index (χ2n) is 16.2. The first-order valence-electron chi connectivity index (χ1n) is 21.1. The molecule has 0 aliphatic carbocycles. The van der Waals surface area contributed by atoms with E-state index in [9.17, 15) is 0 Å². The van der Waals surface area contributed by atoms with Gasteiger partial charge in [0.15, 0.2) is 11.4 Å². The number of hydrogen-bond acceptors (Lipinski definition) is 4. The van der Waals surface area contributed by atoms with Gasteiger partial charge in [0.1, 0.15) is 17.6 Å². The highest BCUT2D eigenvalue weighted by Crippen LogP contribution is 2.41. The molecule has 12 aromatic rings. The van der Waals surface area contributed by atoms with Gasteiger partial charge in [-0.25, -0.2) is 9.98 Å². The molecular weight excluding hydrogens is 757 g/mol. The van der Waals surface area contributed by atoms with E-state index < -0.39 is 6.17 Å². The van der Waals surface area contributed by atoms with Crippen molar-refractivity contribution in [3.8, 4) is 16.8 Å². The van der Waals surface area contributed by atoms with Crippen LogP contribution in [0.3, 0.4) is 0 Å². The molecule has 0 saturated carbocycles. The van der Waals surface area contributed by atoms with Gasteiger partial charge in [0.2, 0.25) is 0 Å². The van der Waals surface area contributed by atoms with Crippen LogP contribution in [-0.2, 0) is 0 Å². The predicted molar refractivity (Wildman–Crippen MR) is 258 cm³/mol. The Bertz CT molecular complexity index is 3840. The second kappa shape index (κ2) is 13.6. The Kier molecular flexibility index (Phi) is 7.60. The van der Waals surface area contributed by atoms with Gasteiger partial charge in [-0.05, 0) is 91.5 Å². The normalized spacial score (nSPS) is 14.3. The lowest BCUT2D eigenvalue weighted by atomic mass is 9.99. The SMILES string of the molecule is c1ccc(-c2ccc(C3N=C(c4cc(-n5c6ccccc6c6cc7ccccc7cc65)c5oc6ccccc6c5c4)N=C(c4ccc5c(ccc6ccccc65)c4)N3)cc2)cc1. The molecule has 10 aromatic carbocycles. The number of aliphatic imine (C=N–C) groups is 2. The van der Waals surface area contributed by atoms with Crippen molar-refractivity contribution >= 4 is 87.7 Å². The summed E-state index contributed by atoms with van der Waals surface area (Å²) in [6, 6.07) is 73.4. The van der Waals surface area contributed by atoms with Crippen LogP contribution in [-0.4, -0.2) is 16.2 Å². The zero-order chi connectivity index (χ0) is 40.7. The average Bonchev–Trinajstić information content (AvgIpc) is 3.88. The van der Waals surface area contributed by atoms with Crippen LogP contribution in [0.2, 0.25) is 0 Å². The van der Waals surface area contributed by atoms with Crippen molar-refractivity contribution in [1.29, 1.82) is 0 Å². The molecule has 62 heavy (non-hydrogen) atoms. The van der Waals surface area contributed by atoms with Gasteiger partial charge in [0, 0.05) is 32.7 Å². The fraction of sp³-hybridized carbons (Fsp3) is 0.0175. The molecular formula is C57H36N4O. The molecule has 1 unspecified atom stereocenters. The molecule has 5 nitrogen and oxygen atoms in total. The van der Waals surface area contributed by atoms with Gasteiger partial charge in [-0.2, -0.15) is 0 Å². The predicted octanol–water partition coefficient (Wildman–Crippen LogP) is 14.3. The summed E-state index contributed by atoms with van der Waals surface area (Å²) in [6.45, 7) is 0. The van der Waals surface area contributed by atoms with Gasteiger partial charge in [0.05, 0.1) is 16.7 Å². The Balaban J connectivity index is 1.05. The first kappa shape index (κ1) is 34.6. The largest absolute Gasteiger partial charge is 0.454 e. The lowest BCUT2D eigenvalue weighted by molar-refractivity contribution is 0.666. The van der Waals surface area contributed by atoms with E-state index >= 15 is 0 Å². The highest BCUT2D eigenvalue weighted by molar-refractivity contribution is 6.19. The smallest absolute Gasteiger partial charge is 0.159 e. The number of para-hydroxylation sites is 2. The molecule has 1 aliphatic heterocycles. The maximum absolute atomic E-state index is 6.83. The third kappa shape index (κ3) is 5.49. The number of furan rings is 1. The molecule has 5 heteroatoms. The van der Waals surface area contributed by atoms with E-state index in [1.807, 2.05) is 6.07 Å². The number of aromatic nitrogens is 1. The van der Waals surface area contributed by atoms with Crippen molar-refractivity contribution in [2.75, 3.05) is 0 Å². The number of benzene rings is 10. The van der Waals surface area contributed by atoms with Crippen molar-refractivity contribution in [3.05, 3.63) is 223 Å². The summed E-state index contributed by atoms with van der Waals surface area (Å²) in [6.07, 6.45) is -0.394. The van der Waals surface area contributed by atoms with Crippen LogP contribution in [0.1, 0.15) is 22.9 Å². The van der Waals surface area contributed by atoms with Crippen molar-refractivity contribution in [3.63, 3.8) is 0 Å². The standard InChI is InChI=1S/C57H36N4O/c1-2-12-35(13-3-1)36-22-25-38(26-23-36)55-58-56(42-28-29-45-41(30-42)27-24-37-14-6-7-17-44(37)45)60-57(59-55)43-32-49-47-19-9-11-21-53(47)62-54(49)52(34-43)61-50-20-10-8-18-46(50)48-31-39-15-4-5-16-40(39)33-51(48)61/h1-34,55H,(H,58,59,60). The summed E-state index contributed by atoms with van der Waals surface area (Å²) >= 11 is 0. The first-order valence-corrected chi connectivity index (χ1v) is 21.1. The van der Waals surface area contributed by atoms with E-state index in [-0.39, 0.29) is 0 Å². The van der Waals surface area contributed by atoms with Crippen LogP contribution in [0.15, 0.2) is 221 Å². The van der Waals surface area contributed by atoms with Gasteiger partial charge in [-0.1, -0.05) is 164 Å². The maximum atomic E-state index is 6.83. The zero-order valence-electron chi connectivity index (χ0n) is 33.5. The van der Waals surface area contributed by atoms with Crippen molar-refractivity contribution in [1.82, 2.24) is 9.88 Å². The molecule has 0 radical (unpaired) electrons. The van der Waals surface area contributed by atoms with E-state index in [1.54, 1.807) is 0 Å². The summed E-state index contributed by atoms with van der Waals surface area (Å²) in [5.41, 5.74) is 10.1. The van der Waals surface area contributed by atoms with Gasteiger partial charge in [-0.3, -0.25) is 0 Å². The summed E-state index contributed by atoms with van der Waals surface area (Å²) in [7, 11) is 0. The molecule has 1 N–H and O–H groups in total. The molecule has 0 fully saturated rings. The Morgan fingerprint density at radius 3 is 1.94 bits per heavy atom. The third-order valence-electron chi connectivity index (χ3n) is 12.6. The lowest BCUT2D eigenvalue weighted by Gasteiger charge is -2.24. The van der Waals surface area contributed by atoms with Gasteiger partial charge in [0.25, 0.3) is 0 Å². The minimum Gasteiger partial charge on any atom is -0.454 e. The van der Waals surface area contributed by atoms with E-state index in [2.05, 4.69) is 210 Å². The molecule has 0 spiro atoms. The van der Waals surface area contributed by atoms with Crippen LogP contribution >= 0.6 is 0 Å². The Morgan fingerprint density at radius 1 is 0.419 bits per heavy atom. The summed E-state index contributed by atoms with van der Waals surface area (Å²) in [5.74, 6) is 1.42. The van der Waals surface area contributed by atoms with Gasteiger partial charge in [-0.15, -0.1) is 0 Å². The van der Waals surface area contributed by atoms with Crippen molar-refractivity contribution in [2.45, 2.75) is 6.17 Å². The van der Waals surface area contributed by atoms with Crippen LogP contribution in [0.5, 0.6) is 0 Å². The molecule has 1 atom stereocenters. The molecule has 0 bridgehead atoms. The molecule has 13 rings (SSSR count). The Hall–Kier alpha value is -8.28. The minimum atomic E-state index is -0.394. The highest BCUT2D eigenvalue weighted by Gasteiger charge is 2.25. The van der Waals surface area contributed by atoms with Gasteiger partial charge < -0.3 is 14.3 Å². The van der Waals surface area contributed by atoms with E-state index in [0.717, 1.165) is 72.1 Å². The van der Waals surface area contributed by atoms with Crippen LogP contribution < -0.4 is 5.32 Å². The summed E-state index contributed by atoms with van der Waals surface area (Å²) in [4.78, 5) is 10.8. The van der Waals surface area contributed by atoms with Crippen LogP contribution in [0.4, 0.5) is 0 Å². The van der Waals surface area contributed by atoms with E-state index in [4.69, 9.17) is 14.4 Å². The van der Waals surface area contributed by atoms with Crippen molar-refractivity contribution < 1.29 is 4.42 Å². The number of nitrogens with one attached hydrogen (secondary N) is 1. The number of nitrogens with zero attached hydrogens (tertiary/aromatic N) is 3. The molecule has 0 amide bonds. The number of rotatable bonds is 5. The van der Waals surface area contributed by atoms with Gasteiger partial charge >= 0.3 is 0 Å². The van der Waals surface area contributed by atoms with Crippen molar-refractivity contribution in [2.24, 2.45) is 9.98 Å². The summed E-state index contributed by atoms with van der Waals surface area (Å²) in [5, 5.41) is 15.4.